The van der Waals surface area contributed by atoms with E-state index < -0.39 is 0 Å². The van der Waals surface area contributed by atoms with E-state index in [0.717, 1.165) is 38.5 Å². The van der Waals surface area contributed by atoms with Gasteiger partial charge >= 0.3 is 11.9 Å². The molecule has 202 valence electrons. The number of rotatable bonds is 25. The SMILES string of the molecule is CCCCCCCOC(=O)CCCCCCCCCCC(C)C(C)C(=O)OCCCCCCC. The van der Waals surface area contributed by atoms with Crippen LogP contribution in [-0.4, -0.2) is 25.2 Å². The van der Waals surface area contributed by atoms with Gasteiger partial charge in [-0.2, -0.15) is 0 Å². The van der Waals surface area contributed by atoms with Crippen molar-refractivity contribution in [3.8, 4) is 0 Å². The number of ether oxygens (including phenoxy) is 2. The summed E-state index contributed by atoms with van der Waals surface area (Å²) in [6.45, 7) is 9.81. The van der Waals surface area contributed by atoms with Gasteiger partial charge in [0, 0.05) is 6.42 Å². The van der Waals surface area contributed by atoms with Crippen molar-refractivity contribution in [2.24, 2.45) is 11.8 Å². The van der Waals surface area contributed by atoms with Gasteiger partial charge in [0.15, 0.2) is 0 Å². The van der Waals surface area contributed by atoms with Crippen molar-refractivity contribution in [3.63, 3.8) is 0 Å². The number of hydrogen-bond acceptors (Lipinski definition) is 4. The monoisotopic (exact) mass is 482 g/mol. The smallest absolute Gasteiger partial charge is 0.308 e. The molecule has 2 unspecified atom stereocenters. The van der Waals surface area contributed by atoms with Crippen molar-refractivity contribution >= 4 is 11.9 Å². The molecule has 0 radical (unpaired) electrons. The van der Waals surface area contributed by atoms with Crippen molar-refractivity contribution in [3.05, 3.63) is 0 Å². The second-order valence-electron chi connectivity index (χ2n) is 10.3. The van der Waals surface area contributed by atoms with Crippen molar-refractivity contribution in [1.29, 1.82) is 0 Å². The van der Waals surface area contributed by atoms with E-state index in [1.54, 1.807) is 0 Å². The molecule has 0 saturated heterocycles. The minimum Gasteiger partial charge on any atom is -0.466 e. The van der Waals surface area contributed by atoms with Crippen LogP contribution >= 0.6 is 0 Å². The van der Waals surface area contributed by atoms with Crippen LogP contribution in [-0.2, 0) is 19.1 Å². The average molecular weight is 483 g/mol. The quantitative estimate of drug-likeness (QED) is 0.0961. The van der Waals surface area contributed by atoms with Crippen LogP contribution in [0.15, 0.2) is 0 Å². The Morgan fingerprint density at radius 1 is 0.559 bits per heavy atom. The van der Waals surface area contributed by atoms with Crippen LogP contribution in [0.25, 0.3) is 0 Å². The normalized spacial score (nSPS) is 12.9. The van der Waals surface area contributed by atoms with Crippen LogP contribution in [0, 0.1) is 11.8 Å². The number of hydrogen-bond donors (Lipinski definition) is 0. The predicted octanol–water partition coefficient (Wildman–Crippen LogP) is 9.19. The number of carbonyl (C=O) groups is 2. The molecule has 0 aromatic carbocycles. The van der Waals surface area contributed by atoms with E-state index in [9.17, 15) is 9.59 Å². The summed E-state index contributed by atoms with van der Waals surface area (Å²) < 4.78 is 10.8. The zero-order valence-corrected chi connectivity index (χ0v) is 23.3. The predicted molar refractivity (Wildman–Crippen MR) is 144 cm³/mol. The number of esters is 2. The highest BCUT2D eigenvalue weighted by molar-refractivity contribution is 5.72. The summed E-state index contributed by atoms with van der Waals surface area (Å²) in [6, 6.07) is 0. The van der Waals surface area contributed by atoms with Crippen molar-refractivity contribution < 1.29 is 19.1 Å². The molecular weight excluding hydrogens is 424 g/mol. The Balaban J connectivity index is 3.47. The molecule has 0 spiro atoms. The standard InChI is InChI=1S/C30H58O4/c1-5-7-9-17-21-25-33-29(31)24-20-16-14-12-11-13-15-19-23-27(3)28(4)30(32)34-26-22-18-10-8-6-2/h27-28H,5-26H2,1-4H3. The van der Waals surface area contributed by atoms with Gasteiger partial charge in [-0.3, -0.25) is 9.59 Å². The summed E-state index contributed by atoms with van der Waals surface area (Å²) >= 11 is 0. The van der Waals surface area contributed by atoms with E-state index in [1.807, 2.05) is 6.92 Å². The fourth-order valence-corrected chi connectivity index (χ4v) is 4.25. The molecule has 0 aromatic rings. The third kappa shape index (κ3) is 21.5. The Labute approximate surface area is 212 Å². The lowest BCUT2D eigenvalue weighted by atomic mass is 9.90. The highest BCUT2D eigenvalue weighted by Crippen LogP contribution is 2.21. The Morgan fingerprint density at radius 2 is 1.00 bits per heavy atom. The minimum atomic E-state index is -0.0188. The molecule has 0 aromatic heterocycles. The molecule has 4 heteroatoms. The molecule has 0 aliphatic rings. The van der Waals surface area contributed by atoms with Crippen molar-refractivity contribution in [2.45, 2.75) is 156 Å². The molecule has 0 heterocycles. The molecule has 0 saturated carbocycles. The van der Waals surface area contributed by atoms with Gasteiger partial charge in [0.05, 0.1) is 19.1 Å². The molecule has 2 atom stereocenters. The maximum Gasteiger partial charge on any atom is 0.308 e. The van der Waals surface area contributed by atoms with Gasteiger partial charge in [-0.1, -0.05) is 124 Å². The molecule has 0 aliphatic carbocycles. The summed E-state index contributed by atoms with van der Waals surface area (Å²) in [6.07, 6.45) is 23.1. The van der Waals surface area contributed by atoms with E-state index in [0.29, 0.717) is 25.6 Å². The topological polar surface area (TPSA) is 52.6 Å². The first-order valence-corrected chi connectivity index (χ1v) is 14.8. The van der Waals surface area contributed by atoms with Gasteiger partial charge in [-0.05, 0) is 31.6 Å². The zero-order valence-electron chi connectivity index (χ0n) is 23.3. The first kappa shape index (κ1) is 32.9. The number of unbranched alkanes of at least 4 members (excludes halogenated alkanes) is 15. The molecule has 0 rings (SSSR count). The van der Waals surface area contributed by atoms with E-state index >= 15 is 0 Å². The summed E-state index contributed by atoms with van der Waals surface area (Å²) in [5, 5.41) is 0. The minimum absolute atomic E-state index is 0.00314. The molecule has 0 aliphatic heterocycles. The summed E-state index contributed by atoms with van der Waals surface area (Å²) in [7, 11) is 0. The Hall–Kier alpha value is -1.06. The van der Waals surface area contributed by atoms with E-state index in [2.05, 4.69) is 20.8 Å². The summed E-state index contributed by atoms with van der Waals surface area (Å²) in [5.74, 6) is 0.362. The Kier molecular flexibility index (Phi) is 24.3. The van der Waals surface area contributed by atoms with Crippen LogP contribution in [0.2, 0.25) is 0 Å². The van der Waals surface area contributed by atoms with Gasteiger partial charge in [-0.25, -0.2) is 0 Å². The van der Waals surface area contributed by atoms with Crippen molar-refractivity contribution in [2.75, 3.05) is 13.2 Å². The van der Waals surface area contributed by atoms with E-state index in [4.69, 9.17) is 9.47 Å². The molecular formula is C30H58O4. The highest BCUT2D eigenvalue weighted by Gasteiger charge is 2.21. The van der Waals surface area contributed by atoms with Crippen LogP contribution in [0.1, 0.15) is 156 Å². The third-order valence-electron chi connectivity index (χ3n) is 7.02. The molecule has 34 heavy (non-hydrogen) atoms. The van der Waals surface area contributed by atoms with Gasteiger partial charge < -0.3 is 9.47 Å². The highest BCUT2D eigenvalue weighted by atomic mass is 16.5. The lowest BCUT2D eigenvalue weighted by molar-refractivity contribution is -0.150. The molecule has 0 N–H and O–H groups in total. The maximum absolute atomic E-state index is 12.2. The van der Waals surface area contributed by atoms with Crippen LogP contribution in [0.4, 0.5) is 0 Å². The first-order valence-electron chi connectivity index (χ1n) is 14.8. The lowest BCUT2D eigenvalue weighted by Crippen LogP contribution is -2.22. The molecule has 0 bridgehead atoms. The molecule has 0 amide bonds. The van der Waals surface area contributed by atoms with Gasteiger partial charge in [0.25, 0.3) is 0 Å². The largest absolute Gasteiger partial charge is 0.466 e. The van der Waals surface area contributed by atoms with Crippen LogP contribution in [0.3, 0.4) is 0 Å². The Morgan fingerprint density at radius 3 is 1.56 bits per heavy atom. The average Bonchev–Trinajstić information content (AvgIpc) is 2.83. The van der Waals surface area contributed by atoms with E-state index in [-0.39, 0.29) is 17.9 Å². The van der Waals surface area contributed by atoms with Gasteiger partial charge in [0.1, 0.15) is 0 Å². The summed E-state index contributed by atoms with van der Waals surface area (Å²) in [5.41, 5.74) is 0. The summed E-state index contributed by atoms with van der Waals surface area (Å²) in [4.78, 5) is 24.0. The second-order valence-corrected chi connectivity index (χ2v) is 10.3. The fraction of sp³-hybridized carbons (Fsp3) is 0.933. The molecule has 4 nitrogen and oxygen atoms in total. The van der Waals surface area contributed by atoms with Crippen molar-refractivity contribution in [1.82, 2.24) is 0 Å². The van der Waals surface area contributed by atoms with Gasteiger partial charge in [0.2, 0.25) is 0 Å². The maximum atomic E-state index is 12.2. The lowest BCUT2D eigenvalue weighted by Gasteiger charge is -2.18. The van der Waals surface area contributed by atoms with Crippen LogP contribution < -0.4 is 0 Å². The Bertz CT molecular complexity index is 463. The second kappa shape index (κ2) is 25.0. The number of carbonyl (C=O) groups excluding carboxylic acids is 2. The molecule has 0 fully saturated rings. The zero-order chi connectivity index (χ0) is 25.3. The third-order valence-corrected chi connectivity index (χ3v) is 7.02. The fourth-order valence-electron chi connectivity index (χ4n) is 4.25. The van der Waals surface area contributed by atoms with Crippen LogP contribution in [0.5, 0.6) is 0 Å². The van der Waals surface area contributed by atoms with E-state index in [1.165, 1.54) is 83.5 Å². The van der Waals surface area contributed by atoms with Gasteiger partial charge in [-0.15, -0.1) is 0 Å². The first-order chi connectivity index (χ1) is 16.5.